The molecule has 2 aromatic rings. The zero-order valence-corrected chi connectivity index (χ0v) is 17.0. The Balaban J connectivity index is 2.08. The summed E-state index contributed by atoms with van der Waals surface area (Å²) in [4.78, 5) is 19.3. The molecule has 0 atom stereocenters. The lowest BCUT2D eigenvalue weighted by Gasteiger charge is -2.17. The first-order valence-electron chi connectivity index (χ1n) is 8.31. The molecule has 0 bridgehead atoms. The number of rotatable bonds is 3. The fourth-order valence-electron chi connectivity index (χ4n) is 2.82. The van der Waals surface area contributed by atoms with Crippen LogP contribution in [0.4, 0.5) is 0 Å². The molecule has 1 aliphatic carbocycles. The van der Waals surface area contributed by atoms with Crippen molar-refractivity contribution < 1.29 is 4.79 Å². The fourth-order valence-corrected chi connectivity index (χ4v) is 4.47. The van der Waals surface area contributed by atoms with Gasteiger partial charge in [-0.2, -0.15) is 4.99 Å². The maximum Gasteiger partial charge on any atom is 0.280 e. The number of thiazole rings is 1. The number of carbonyl (C=O) groups excluding carboxylic acids is 1. The molecule has 0 radical (unpaired) electrons. The van der Waals surface area contributed by atoms with Gasteiger partial charge in [0.05, 0.1) is 5.56 Å². The van der Waals surface area contributed by atoms with Gasteiger partial charge in [-0.3, -0.25) is 4.79 Å². The molecule has 0 unspecified atom stereocenters. The minimum absolute atomic E-state index is 0.0597. The molecule has 1 fully saturated rings. The molecule has 0 aliphatic heterocycles. The van der Waals surface area contributed by atoms with E-state index in [2.05, 4.69) is 53.2 Å². The first-order valence-corrected chi connectivity index (χ1v) is 9.92. The van der Waals surface area contributed by atoms with Crippen LogP contribution in [0.2, 0.25) is 0 Å². The normalized spacial score (nSPS) is 15.8. The Bertz CT molecular complexity index is 838. The van der Waals surface area contributed by atoms with Gasteiger partial charge < -0.3 is 4.57 Å². The molecule has 3 rings (SSSR count). The molecule has 1 amide bonds. The lowest BCUT2D eigenvalue weighted by Crippen LogP contribution is -2.20. The molecule has 1 aromatic heterocycles. The SMILES string of the molecule is Cc1c(C(C)(C)C)s/c(=N\C(=O)c2ccccc2Br)n1CC1CC1. The minimum Gasteiger partial charge on any atom is -0.320 e. The number of halogens is 1. The summed E-state index contributed by atoms with van der Waals surface area (Å²) in [5.41, 5.74) is 1.92. The van der Waals surface area contributed by atoms with E-state index in [-0.39, 0.29) is 11.3 Å². The van der Waals surface area contributed by atoms with Crippen LogP contribution in [0.15, 0.2) is 33.7 Å². The van der Waals surface area contributed by atoms with Gasteiger partial charge in [0, 0.05) is 21.6 Å². The largest absolute Gasteiger partial charge is 0.320 e. The Kier molecular flexibility index (Phi) is 4.85. The van der Waals surface area contributed by atoms with E-state index in [4.69, 9.17) is 0 Å². The number of nitrogens with zero attached hydrogens (tertiary/aromatic N) is 2. The van der Waals surface area contributed by atoms with Crippen LogP contribution in [0.5, 0.6) is 0 Å². The van der Waals surface area contributed by atoms with Crippen molar-refractivity contribution >= 4 is 33.2 Å². The predicted octanol–water partition coefficient (Wildman–Crippen LogP) is 5.07. The summed E-state index contributed by atoms with van der Waals surface area (Å²) in [7, 11) is 0. The predicted molar refractivity (Wildman–Crippen MR) is 103 cm³/mol. The molecule has 1 heterocycles. The Hall–Kier alpha value is -1.20. The Morgan fingerprint density at radius 1 is 1.33 bits per heavy atom. The van der Waals surface area contributed by atoms with E-state index < -0.39 is 0 Å². The van der Waals surface area contributed by atoms with Crippen LogP contribution in [0.1, 0.15) is 54.5 Å². The first kappa shape index (κ1) is 17.6. The van der Waals surface area contributed by atoms with Gasteiger partial charge in [0.2, 0.25) is 0 Å². The van der Waals surface area contributed by atoms with Gasteiger partial charge in [0.25, 0.3) is 5.91 Å². The highest BCUT2D eigenvalue weighted by atomic mass is 79.9. The zero-order chi connectivity index (χ0) is 17.5. The van der Waals surface area contributed by atoms with Crippen LogP contribution in [0.3, 0.4) is 0 Å². The minimum atomic E-state index is -0.186. The summed E-state index contributed by atoms with van der Waals surface area (Å²) in [5.74, 6) is 0.553. The van der Waals surface area contributed by atoms with E-state index >= 15 is 0 Å². The summed E-state index contributed by atoms with van der Waals surface area (Å²) in [5, 5.41) is 0. The average Bonchev–Trinajstić information content (AvgIpc) is 3.26. The van der Waals surface area contributed by atoms with Gasteiger partial charge in [-0.05, 0) is 59.2 Å². The van der Waals surface area contributed by atoms with Crippen molar-refractivity contribution in [2.75, 3.05) is 0 Å². The van der Waals surface area contributed by atoms with Gasteiger partial charge in [-0.15, -0.1) is 11.3 Å². The zero-order valence-electron chi connectivity index (χ0n) is 14.6. The first-order chi connectivity index (χ1) is 11.3. The molecule has 0 spiro atoms. The molecule has 0 saturated heterocycles. The van der Waals surface area contributed by atoms with Crippen LogP contribution >= 0.6 is 27.3 Å². The maximum atomic E-state index is 12.7. The summed E-state index contributed by atoms with van der Waals surface area (Å²) >= 11 is 5.10. The van der Waals surface area contributed by atoms with E-state index in [1.165, 1.54) is 23.4 Å². The second-order valence-corrected chi connectivity index (χ2v) is 9.33. The molecular formula is C19H23BrN2OS. The Labute approximate surface area is 155 Å². The summed E-state index contributed by atoms with van der Waals surface area (Å²) in [6.45, 7) is 9.77. The van der Waals surface area contributed by atoms with Gasteiger partial charge >= 0.3 is 0 Å². The topological polar surface area (TPSA) is 34.4 Å². The standard InChI is InChI=1S/C19H23BrN2OS/c1-12-16(19(2,3)4)24-18(22(12)11-13-9-10-13)21-17(23)14-7-5-6-8-15(14)20/h5-8,13H,9-11H2,1-4H3/b21-18-. The van der Waals surface area contributed by atoms with E-state index in [9.17, 15) is 4.79 Å². The molecule has 0 N–H and O–H groups in total. The van der Waals surface area contributed by atoms with Gasteiger partial charge in [0.15, 0.2) is 4.80 Å². The highest BCUT2D eigenvalue weighted by Crippen LogP contribution is 2.33. The lowest BCUT2D eigenvalue weighted by atomic mass is 9.93. The number of carbonyl (C=O) groups is 1. The van der Waals surface area contributed by atoms with Crippen molar-refractivity contribution in [3.63, 3.8) is 0 Å². The van der Waals surface area contributed by atoms with E-state index in [1.54, 1.807) is 11.3 Å². The molecule has 3 nitrogen and oxygen atoms in total. The smallest absolute Gasteiger partial charge is 0.280 e. The number of hydrogen-bond donors (Lipinski definition) is 0. The van der Waals surface area contributed by atoms with Gasteiger partial charge in [-0.1, -0.05) is 32.9 Å². The van der Waals surface area contributed by atoms with Crippen molar-refractivity contribution in [1.82, 2.24) is 4.57 Å². The van der Waals surface area contributed by atoms with Crippen molar-refractivity contribution in [1.29, 1.82) is 0 Å². The summed E-state index contributed by atoms with van der Waals surface area (Å²) in [6.07, 6.45) is 2.56. The third-order valence-electron chi connectivity index (χ3n) is 4.28. The fraction of sp³-hybridized carbons (Fsp3) is 0.474. The molecule has 1 saturated carbocycles. The van der Waals surface area contributed by atoms with Crippen LogP contribution in [-0.4, -0.2) is 10.5 Å². The van der Waals surface area contributed by atoms with Crippen LogP contribution in [0, 0.1) is 12.8 Å². The second kappa shape index (κ2) is 6.60. The van der Waals surface area contributed by atoms with Gasteiger partial charge in [-0.25, -0.2) is 0 Å². The van der Waals surface area contributed by atoms with Crippen LogP contribution < -0.4 is 4.80 Å². The summed E-state index contributed by atoms with van der Waals surface area (Å²) in [6, 6.07) is 7.46. The monoisotopic (exact) mass is 406 g/mol. The molecule has 128 valence electrons. The van der Waals surface area contributed by atoms with E-state index in [0.717, 1.165) is 21.7 Å². The highest BCUT2D eigenvalue weighted by molar-refractivity contribution is 9.10. The highest BCUT2D eigenvalue weighted by Gasteiger charge is 2.27. The van der Waals surface area contributed by atoms with Crippen LogP contribution in [0.25, 0.3) is 0 Å². The second-order valence-electron chi connectivity index (χ2n) is 7.50. The molecule has 1 aliphatic rings. The number of benzene rings is 1. The van der Waals surface area contributed by atoms with Crippen molar-refractivity contribution in [3.8, 4) is 0 Å². The maximum absolute atomic E-state index is 12.7. The Morgan fingerprint density at radius 3 is 2.58 bits per heavy atom. The molecule has 1 aromatic carbocycles. The van der Waals surface area contributed by atoms with Crippen molar-refractivity contribution in [2.45, 2.75) is 52.5 Å². The molecule has 5 heteroatoms. The summed E-state index contributed by atoms with van der Waals surface area (Å²) < 4.78 is 3.04. The van der Waals surface area contributed by atoms with Crippen molar-refractivity contribution in [2.24, 2.45) is 10.9 Å². The number of hydrogen-bond acceptors (Lipinski definition) is 2. The third kappa shape index (κ3) is 3.72. The van der Waals surface area contributed by atoms with E-state index in [0.29, 0.717) is 5.56 Å². The quantitative estimate of drug-likeness (QED) is 0.700. The lowest BCUT2D eigenvalue weighted by molar-refractivity contribution is 0.0997. The number of amides is 1. The van der Waals surface area contributed by atoms with Crippen molar-refractivity contribution in [3.05, 3.63) is 49.7 Å². The average molecular weight is 407 g/mol. The molecular weight excluding hydrogens is 384 g/mol. The number of aromatic nitrogens is 1. The Morgan fingerprint density at radius 2 is 2.00 bits per heavy atom. The van der Waals surface area contributed by atoms with Gasteiger partial charge in [0.1, 0.15) is 0 Å². The third-order valence-corrected chi connectivity index (χ3v) is 6.58. The van der Waals surface area contributed by atoms with Crippen LogP contribution in [-0.2, 0) is 12.0 Å². The molecule has 24 heavy (non-hydrogen) atoms. The van der Waals surface area contributed by atoms with E-state index in [1.807, 2.05) is 24.3 Å².